The Morgan fingerprint density at radius 1 is 1.56 bits per heavy atom. The van der Waals surface area contributed by atoms with E-state index in [2.05, 4.69) is 19.2 Å². The molecule has 1 saturated heterocycles. The quantitative estimate of drug-likeness (QED) is 0.858. The number of benzene rings is 1. The minimum atomic E-state index is -0.406. The fourth-order valence-electron chi connectivity index (χ4n) is 2.24. The maximum atomic E-state index is 11.1. The summed E-state index contributed by atoms with van der Waals surface area (Å²) in [5.74, 6) is -0.406. The van der Waals surface area contributed by atoms with Crippen LogP contribution in [0.4, 0.5) is 5.69 Å². The zero-order valence-electron chi connectivity index (χ0n) is 10.9. The van der Waals surface area contributed by atoms with Crippen molar-refractivity contribution in [3.05, 3.63) is 29.8 Å². The Morgan fingerprint density at radius 2 is 2.33 bits per heavy atom. The number of carbonyl (C=O) groups is 1. The summed E-state index contributed by atoms with van der Waals surface area (Å²) in [4.78, 5) is 11.1. The van der Waals surface area contributed by atoms with Gasteiger partial charge in [0.05, 0.1) is 11.7 Å². The highest BCUT2D eigenvalue weighted by Gasteiger charge is 2.31. The Morgan fingerprint density at radius 3 is 2.94 bits per heavy atom. The van der Waals surface area contributed by atoms with E-state index in [0.717, 1.165) is 25.1 Å². The molecule has 1 unspecified atom stereocenters. The van der Waals surface area contributed by atoms with E-state index in [-0.39, 0.29) is 11.7 Å². The molecule has 0 bridgehead atoms. The van der Waals surface area contributed by atoms with Crippen LogP contribution >= 0.6 is 0 Å². The van der Waals surface area contributed by atoms with Crippen LogP contribution in [0.1, 0.15) is 37.0 Å². The molecule has 0 saturated carbocycles. The number of carbonyl (C=O) groups excluding carboxylic acids is 1. The van der Waals surface area contributed by atoms with Gasteiger partial charge in [0.25, 0.3) is 0 Å². The molecule has 1 atom stereocenters. The van der Waals surface area contributed by atoms with Crippen molar-refractivity contribution in [3.8, 4) is 0 Å². The predicted molar refractivity (Wildman–Crippen MR) is 71.6 cm³/mol. The molecule has 1 aliphatic heterocycles. The van der Waals surface area contributed by atoms with Gasteiger partial charge in [-0.25, -0.2) is 0 Å². The van der Waals surface area contributed by atoms with E-state index in [1.165, 1.54) is 0 Å². The van der Waals surface area contributed by atoms with E-state index in [9.17, 15) is 4.79 Å². The van der Waals surface area contributed by atoms with Crippen molar-refractivity contribution in [2.45, 2.75) is 38.4 Å². The summed E-state index contributed by atoms with van der Waals surface area (Å²) in [7, 11) is 0. The van der Waals surface area contributed by atoms with Gasteiger partial charge in [-0.15, -0.1) is 0 Å². The van der Waals surface area contributed by atoms with Gasteiger partial charge in [-0.2, -0.15) is 0 Å². The van der Waals surface area contributed by atoms with Gasteiger partial charge in [0.15, 0.2) is 0 Å². The standard InChI is InChI=1S/C14H20N2O2/c1-14(2)7-6-12(18-14)9-16-11-5-3-4-10(8-11)13(15)17/h3-5,8,12,16H,6-7,9H2,1-2H3,(H2,15,17). The number of anilines is 1. The largest absolute Gasteiger partial charge is 0.382 e. The molecule has 3 N–H and O–H groups in total. The monoisotopic (exact) mass is 248 g/mol. The molecule has 0 aliphatic carbocycles. The van der Waals surface area contributed by atoms with Crippen LogP contribution in [0.25, 0.3) is 0 Å². The number of nitrogens with one attached hydrogen (secondary N) is 1. The molecular formula is C14H20N2O2. The third-order valence-corrected chi connectivity index (χ3v) is 3.24. The molecule has 0 radical (unpaired) electrons. The van der Waals surface area contributed by atoms with Gasteiger partial charge in [-0.05, 0) is 44.9 Å². The van der Waals surface area contributed by atoms with E-state index in [1.807, 2.05) is 12.1 Å². The first kappa shape index (κ1) is 12.9. The molecular weight excluding hydrogens is 228 g/mol. The Balaban J connectivity index is 1.91. The van der Waals surface area contributed by atoms with Crippen molar-refractivity contribution in [2.24, 2.45) is 5.73 Å². The number of hydrogen-bond donors (Lipinski definition) is 2. The van der Waals surface area contributed by atoms with Crippen molar-refractivity contribution < 1.29 is 9.53 Å². The highest BCUT2D eigenvalue weighted by Crippen LogP contribution is 2.29. The highest BCUT2D eigenvalue weighted by atomic mass is 16.5. The van der Waals surface area contributed by atoms with Crippen LogP contribution in [-0.2, 0) is 4.74 Å². The number of hydrogen-bond acceptors (Lipinski definition) is 3. The molecule has 1 aromatic rings. The van der Waals surface area contributed by atoms with Crippen LogP contribution in [0.15, 0.2) is 24.3 Å². The fourth-order valence-corrected chi connectivity index (χ4v) is 2.24. The van der Waals surface area contributed by atoms with E-state index in [1.54, 1.807) is 12.1 Å². The zero-order chi connectivity index (χ0) is 13.2. The van der Waals surface area contributed by atoms with Crippen molar-refractivity contribution in [3.63, 3.8) is 0 Å². The summed E-state index contributed by atoms with van der Waals surface area (Å²) in [6.07, 6.45) is 2.38. The lowest BCUT2D eigenvalue weighted by Crippen LogP contribution is -2.24. The van der Waals surface area contributed by atoms with Crippen LogP contribution in [0.2, 0.25) is 0 Å². The third-order valence-electron chi connectivity index (χ3n) is 3.24. The fraction of sp³-hybridized carbons (Fsp3) is 0.500. The number of primary amides is 1. The zero-order valence-corrected chi connectivity index (χ0v) is 10.9. The molecule has 1 aromatic carbocycles. The molecule has 1 amide bonds. The van der Waals surface area contributed by atoms with Crippen molar-refractivity contribution in [2.75, 3.05) is 11.9 Å². The smallest absolute Gasteiger partial charge is 0.248 e. The van der Waals surface area contributed by atoms with Gasteiger partial charge in [-0.1, -0.05) is 6.07 Å². The maximum absolute atomic E-state index is 11.1. The van der Waals surface area contributed by atoms with Crippen LogP contribution < -0.4 is 11.1 Å². The lowest BCUT2D eigenvalue weighted by atomic mass is 10.1. The molecule has 4 nitrogen and oxygen atoms in total. The van der Waals surface area contributed by atoms with Gasteiger partial charge in [0.1, 0.15) is 0 Å². The molecule has 18 heavy (non-hydrogen) atoms. The topological polar surface area (TPSA) is 64.3 Å². The van der Waals surface area contributed by atoms with Crippen LogP contribution in [0.3, 0.4) is 0 Å². The van der Waals surface area contributed by atoms with Gasteiger partial charge in [0, 0.05) is 17.8 Å². The van der Waals surface area contributed by atoms with Crippen LogP contribution in [0.5, 0.6) is 0 Å². The number of nitrogens with two attached hydrogens (primary N) is 1. The van der Waals surface area contributed by atoms with E-state index in [0.29, 0.717) is 5.56 Å². The molecule has 98 valence electrons. The number of rotatable bonds is 4. The molecule has 4 heteroatoms. The normalized spacial score (nSPS) is 21.8. The van der Waals surface area contributed by atoms with Crippen LogP contribution in [-0.4, -0.2) is 24.2 Å². The molecule has 1 heterocycles. The summed E-state index contributed by atoms with van der Waals surface area (Å²) >= 11 is 0. The first-order valence-corrected chi connectivity index (χ1v) is 6.28. The van der Waals surface area contributed by atoms with Crippen molar-refractivity contribution in [1.82, 2.24) is 0 Å². The summed E-state index contributed by atoms with van der Waals surface area (Å²) in [6.45, 7) is 4.98. The lowest BCUT2D eigenvalue weighted by molar-refractivity contribution is -0.00911. The molecule has 0 spiro atoms. The molecule has 1 fully saturated rings. The van der Waals surface area contributed by atoms with Crippen molar-refractivity contribution in [1.29, 1.82) is 0 Å². The first-order valence-electron chi connectivity index (χ1n) is 6.28. The lowest BCUT2D eigenvalue weighted by Gasteiger charge is -2.19. The van der Waals surface area contributed by atoms with Crippen molar-refractivity contribution >= 4 is 11.6 Å². The van der Waals surface area contributed by atoms with Gasteiger partial charge in [-0.3, -0.25) is 4.79 Å². The van der Waals surface area contributed by atoms with Crippen LogP contribution in [0, 0.1) is 0 Å². The average Bonchev–Trinajstić information content (AvgIpc) is 2.67. The molecule has 1 aliphatic rings. The predicted octanol–water partition coefficient (Wildman–Crippen LogP) is 2.16. The summed E-state index contributed by atoms with van der Waals surface area (Å²) in [5, 5.41) is 3.29. The third kappa shape index (κ3) is 3.23. The maximum Gasteiger partial charge on any atom is 0.248 e. The Hall–Kier alpha value is -1.55. The SMILES string of the molecule is CC1(C)CCC(CNc2cccc(C(N)=O)c2)O1. The Kier molecular flexibility index (Phi) is 3.57. The second-order valence-corrected chi connectivity index (χ2v) is 5.36. The minimum absolute atomic E-state index is 0.0125. The average molecular weight is 248 g/mol. The second-order valence-electron chi connectivity index (χ2n) is 5.36. The van der Waals surface area contributed by atoms with Gasteiger partial charge >= 0.3 is 0 Å². The van der Waals surface area contributed by atoms with E-state index in [4.69, 9.17) is 10.5 Å². The first-order chi connectivity index (χ1) is 8.46. The Bertz CT molecular complexity index is 443. The highest BCUT2D eigenvalue weighted by molar-refractivity contribution is 5.93. The van der Waals surface area contributed by atoms with Gasteiger partial charge in [0.2, 0.25) is 5.91 Å². The summed E-state index contributed by atoms with van der Waals surface area (Å²) in [5.41, 5.74) is 6.66. The van der Waals surface area contributed by atoms with Gasteiger partial charge < -0.3 is 15.8 Å². The number of ether oxygens (including phenoxy) is 1. The minimum Gasteiger partial charge on any atom is -0.382 e. The summed E-state index contributed by atoms with van der Waals surface area (Å²) < 4.78 is 5.89. The number of amides is 1. The van der Waals surface area contributed by atoms with E-state index >= 15 is 0 Å². The molecule has 2 rings (SSSR count). The Labute approximate surface area is 108 Å². The second kappa shape index (κ2) is 4.98. The molecule has 0 aromatic heterocycles. The van der Waals surface area contributed by atoms with E-state index < -0.39 is 5.91 Å². The summed E-state index contributed by atoms with van der Waals surface area (Å²) in [6, 6.07) is 7.22.